The molecule has 3 rings (SSSR count). The lowest BCUT2D eigenvalue weighted by atomic mass is 10.1. The molecule has 0 saturated heterocycles. The molecule has 0 saturated carbocycles. The van der Waals surface area contributed by atoms with Crippen molar-refractivity contribution in [3.05, 3.63) is 53.2 Å². The Morgan fingerprint density at radius 3 is 2.67 bits per heavy atom. The third-order valence-corrected chi connectivity index (χ3v) is 4.03. The average Bonchev–Trinajstić information content (AvgIpc) is 3.03. The number of amides is 1. The van der Waals surface area contributed by atoms with Gasteiger partial charge in [-0.25, -0.2) is 0 Å². The molecule has 6 heteroatoms. The van der Waals surface area contributed by atoms with E-state index in [1.54, 1.807) is 12.1 Å². The number of rotatable bonds is 5. The summed E-state index contributed by atoms with van der Waals surface area (Å²) in [6.07, 6.45) is 2.13. The monoisotopic (exact) mass is 344 g/mol. The lowest BCUT2D eigenvalue weighted by Crippen LogP contribution is -2.15. The van der Waals surface area contributed by atoms with Gasteiger partial charge in [-0.2, -0.15) is 0 Å². The Bertz CT molecular complexity index is 889. The van der Waals surface area contributed by atoms with E-state index in [1.807, 2.05) is 30.5 Å². The van der Waals surface area contributed by atoms with Crippen molar-refractivity contribution >= 4 is 34.1 Å². The van der Waals surface area contributed by atoms with Crippen molar-refractivity contribution in [2.75, 3.05) is 19.5 Å². The first-order valence-corrected chi connectivity index (χ1v) is 7.76. The number of methoxy groups -OCH3 is 2. The molecular weight excluding hydrogens is 328 g/mol. The van der Waals surface area contributed by atoms with E-state index in [2.05, 4.69) is 10.3 Å². The quantitative estimate of drug-likeness (QED) is 0.734. The van der Waals surface area contributed by atoms with Gasteiger partial charge in [0.05, 0.1) is 31.4 Å². The summed E-state index contributed by atoms with van der Waals surface area (Å²) in [5.74, 6) is 0.810. The van der Waals surface area contributed by atoms with Crippen molar-refractivity contribution in [2.45, 2.75) is 6.42 Å². The van der Waals surface area contributed by atoms with Crippen LogP contribution in [-0.4, -0.2) is 25.1 Å². The van der Waals surface area contributed by atoms with Crippen molar-refractivity contribution in [2.24, 2.45) is 0 Å². The summed E-state index contributed by atoms with van der Waals surface area (Å²) < 4.78 is 10.4. The van der Waals surface area contributed by atoms with Gasteiger partial charge in [0.15, 0.2) is 0 Å². The maximum atomic E-state index is 12.4. The molecule has 1 heterocycles. The summed E-state index contributed by atoms with van der Waals surface area (Å²) in [6, 6.07) is 11.1. The van der Waals surface area contributed by atoms with Crippen LogP contribution < -0.4 is 14.8 Å². The van der Waals surface area contributed by atoms with Gasteiger partial charge in [-0.05, 0) is 29.1 Å². The highest BCUT2D eigenvalue weighted by atomic mass is 35.5. The summed E-state index contributed by atoms with van der Waals surface area (Å²) in [5, 5.41) is 4.34. The minimum Gasteiger partial charge on any atom is -0.495 e. The number of aromatic amines is 1. The van der Waals surface area contributed by atoms with Crippen LogP contribution in [0.4, 0.5) is 5.69 Å². The molecule has 0 atom stereocenters. The molecule has 0 aliphatic heterocycles. The molecule has 3 aromatic rings. The van der Waals surface area contributed by atoms with Gasteiger partial charge in [-0.15, -0.1) is 0 Å². The number of benzene rings is 2. The molecule has 2 aromatic carbocycles. The fraction of sp³-hybridized carbons (Fsp3) is 0.167. The summed E-state index contributed by atoms with van der Waals surface area (Å²) in [6.45, 7) is 0. The maximum Gasteiger partial charge on any atom is 0.228 e. The second-order valence-corrected chi connectivity index (χ2v) is 5.72. The van der Waals surface area contributed by atoms with Gasteiger partial charge >= 0.3 is 0 Å². The molecular formula is C18H17ClN2O3. The number of H-pyrrole nitrogens is 1. The predicted molar refractivity (Wildman–Crippen MR) is 95.2 cm³/mol. The van der Waals surface area contributed by atoms with Crippen molar-refractivity contribution in [1.29, 1.82) is 0 Å². The van der Waals surface area contributed by atoms with Gasteiger partial charge < -0.3 is 19.8 Å². The Balaban J connectivity index is 1.78. The van der Waals surface area contributed by atoms with E-state index in [0.29, 0.717) is 22.2 Å². The van der Waals surface area contributed by atoms with Gasteiger partial charge in [-0.1, -0.05) is 17.7 Å². The van der Waals surface area contributed by atoms with E-state index in [1.165, 1.54) is 14.2 Å². The van der Waals surface area contributed by atoms with Crippen molar-refractivity contribution < 1.29 is 14.3 Å². The fourth-order valence-electron chi connectivity index (χ4n) is 2.55. The van der Waals surface area contributed by atoms with Crippen molar-refractivity contribution in [3.8, 4) is 11.5 Å². The number of halogens is 1. The third-order valence-electron chi connectivity index (χ3n) is 3.73. The zero-order chi connectivity index (χ0) is 17.1. The highest BCUT2D eigenvalue weighted by Gasteiger charge is 2.13. The van der Waals surface area contributed by atoms with Crippen molar-refractivity contribution in [3.63, 3.8) is 0 Å². The predicted octanol–water partition coefficient (Wildman–Crippen LogP) is 4.02. The second-order valence-electron chi connectivity index (χ2n) is 5.31. The highest BCUT2D eigenvalue weighted by Crippen LogP contribution is 2.35. The van der Waals surface area contributed by atoms with Gasteiger partial charge in [0, 0.05) is 23.8 Å². The molecule has 1 amide bonds. The Morgan fingerprint density at radius 2 is 1.92 bits per heavy atom. The highest BCUT2D eigenvalue weighted by molar-refractivity contribution is 6.32. The number of fused-ring (bicyclic) bond motifs is 1. The molecule has 0 unspecified atom stereocenters. The van der Waals surface area contributed by atoms with E-state index in [9.17, 15) is 4.79 Å². The smallest absolute Gasteiger partial charge is 0.228 e. The van der Waals surface area contributed by atoms with Gasteiger partial charge in [0.2, 0.25) is 5.91 Å². The maximum absolute atomic E-state index is 12.4. The summed E-state index contributed by atoms with van der Waals surface area (Å²) in [5.41, 5.74) is 2.49. The van der Waals surface area contributed by atoms with Gasteiger partial charge in [-0.3, -0.25) is 4.79 Å². The number of hydrogen-bond donors (Lipinski definition) is 2. The number of carbonyl (C=O) groups is 1. The van der Waals surface area contributed by atoms with E-state index < -0.39 is 0 Å². The molecule has 0 spiro atoms. The normalized spacial score (nSPS) is 10.6. The molecule has 2 N–H and O–H groups in total. The average molecular weight is 345 g/mol. The molecule has 0 fully saturated rings. The van der Waals surface area contributed by atoms with E-state index in [4.69, 9.17) is 21.1 Å². The van der Waals surface area contributed by atoms with Gasteiger partial charge in [0.1, 0.15) is 11.5 Å². The zero-order valence-electron chi connectivity index (χ0n) is 13.4. The van der Waals surface area contributed by atoms with E-state index >= 15 is 0 Å². The third kappa shape index (κ3) is 3.31. The summed E-state index contributed by atoms with van der Waals surface area (Å²) >= 11 is 6.07. The first-order valence-electron chi connectivity index (χ1n) is 7.38. The molecule has 0 bridgehead atoms. The first kappa shape index (κ1) is 16.2. The second kappa shape index (κ2) is 6.84. The lowest BCUT2D eigenvalue weighted by Gasteiger charge is -2.13. The molecule has 0 radical (unpaired) electrons. The first-order chi connectivity index (χ1) is 11.6. The van der Waals surface area contributed by atoms with Crippen LogP contribution in [0.3, 0.4) is 0 Å². The van der Waals surface area contributed by atoms with E-state index in [-0.39, 0.29) is 12.3 Å². The molecule has 0 aliphatic rings. The Labute approximate surface area is 144 Å². The molecule has 124 valence electrons. The van der Waals surface area contributed by atoms with Crippen LogP contribution in [0, 0.1) is 0 Å². The topological polar surface area (TPSA) is 63.3 Å². The number of hydrogen-bond acceptors (Lipinski definition) is 3. The number of ether oxygens (including phenoxy) is 2. The zero-order valence-corrected chi connectivity index (χ0v) is 14.1. The molecule has 5 nitrogen and oxygen atoms in total. The number of nitrogens with one attached hydrogen (secondary N) is 2. The largest absolute Gasteiger partial charge is 0.495 e. The van der Waals surface area contributed by atoms with Crippen molar-refractivity contribution in [1.82, 2.24) is 4.98 Å². The lowest BCUT2D eigenvalue weighted by molar-refractivity contribution is -0.115. The van der Waals surface area contributed by atoms with Crippen LogP contribution in [-0.2, 0) is 11.2 Å². The Kier molecular flexibility index (Phi) is 4.62. The SMILES string of the molecule is COc1cc(NC(=O)Cc2ccc3[nH]ccc3c2)c(OC)cc1Cl. The van der Waals surface area contributed by atoms with Crippen LogP contribution in [0.5, 0.6) is 11.5 Å². The number of anilines is 1. The minimum absolute atomic E-state index is 0.146. The summed E-state index contributed by atoms with van der Waals surface area (Å²) in [7, 11) is 3.04. The Hall–Kier alpha value is -2.66. The fourth-order valence-corrected chi connectivity index (χ4v) is 2.78. The van der Waals surface area contributed by atoms with Crippen LogP contribution in [0.15, 0.2) is 42.6 Å². The number of carbonyl (C=O) groups excluding carboxylic acids is 1. The van der Waals surface area contributed by atoms with Crippen LogP contribution >= 0.6 is 11.6 Å². The number of aromatic nitrogens is 1. The Morgan fingerprint density at radius 1 is 1.12 bits per heavy atom. The molecule has 24 heavy (non-hydrogen) atoms. The summed E-state index contributed by atoms with van der Waals surface area (Å²) in [4.78, 5) is 15.5. The van der Waals surface area contributed by atoms with E-state index in [0.717, 1.165) is 16.5 Å². The minimum atomic E-state index is -0.146. The van der Waals surface area contributed by atoms with Crippen LogP contribution in [0.2, 0.25) is 5.02 Å². The van der Waals surface area contributed by atoms with Gasteiger partial charge in [0.25, 0.3) is 0 Å². The molecule has 1 aromatic heterocycles. The standard InChI is InChI=1S/C18H17ClN2O3/c1-23-16-10-15(17(24-2)9-13(16)19)21-18(22)8-11-3-4-14-12(7-11)5-6-20-14/h3-7,9-10,20H,8H2,1-2H3,(H,21,22). The van der Waals surface area contributed by atoms with Crippen LogP contribution in [0.1, 0.15) is 5.56 Å². The van der Waals surface area contributed by atoms with Crippen LogP contribution in [0.25, 0.3) is 10.9 Å². The molecule has 0 aliphatic carbocycles.